The normalized spacial score (nSPS) is 9.55. The van der Waals surface area contributed by atoms with Crippen LogP contribution >= 0.6 is 11.8 Å². The number of nitrogens with two attached hydrogens (primary N) is 1. The highest BCUT2D eigenvalue weighted by Crippen LogP contribution is 2.18. The van der Waals surface area contributed by atoms with Crippen molar-refractivity contribution < 1.29 is 0 Å². The van der Waals surface area contributed by atoms with Crippen molar-refractivity contribution in [2.45, 2.75) is 4.90 Å². The number of benzene rings is 1. The van der Waals surface area contributed by atoms with E-state index in [1.54, 1.807) is 11.8 Å². The summed E-state index contributed by atoms with van der Waals surface area (Å²) in [5.74, 6) is 0.134. The first-order valence-electron chi connectivity index (χ1n) is 3.23. The second kappa shape index (κ2) is 3.44. The fraction of sp³-hybridized carbons (Fsp3) is 0.125. The zero-order valence-electron chi connectivity index (χ0n) is 6.29. The van der Waals surface area contributed by atoms with Crippen LogP contribution in [-0.2, 0) is 0 Å². The van der Waals surface area contributed by atoms with Crippen LogP contribution < -0.4 is 5.73 Å². The Labute approximate surface area is 70.3 Å². The highest BCUT2D eigenvalue weighted by Gasteiger charge is 2.00. The Morgan fingerprint density at radius 2 is 2.09 bits per heavy atom. The van der Waals surface area contributed by atoms with Gasteiger partial charge in [-0.3, -0.25) is 5.41 Å². The molecule has 0 aromatic heterocycles. The predicted molar refractivity (Wildman–Crippen MR) is 49.2 cm³/mol. The summed E-state index contributed by atoms with van der Waals surface area (Å²) in [7, 11) is 0. The first-order chi connectivity index (χ1) is 5.25. The van der Waals surface area contributed by atoms with Crippen LogP contribution in [0.4, 0.5) is 0 Å². The molecule has 1 rings (SSSR count). The second-order valence-electron chi connectivity index (χ2n) is 2.11. The first-order valence-corrected chi connectivity index (χ1v) is 4.45. The van der Waals surface area contributed by atoms with Crippen molar-refractivity contribution in [3.63, 3.8) is 0 Å². The maximum absolute atomic E-state index is 7.24. The molecule has 0 spiro atoms. The molecule has 0 bridgehead atoms. The Bertz CT molecular complexity index is 271. The molecule has 3 heteroatoms. The van der Waals surface area contributed by atoms with Crippen molar-refractivity contribution >= 4 is 17.6 Å². The molecule has 0 fully saturated rings. The molecule has 0 aliphatic rings. The highest BCUT2D eigenvalue weighted by atomic mass is 32.2. The molecule has 58 valence electrons. The molecular weight excluding hydrogens is 156 g/mol. The van der Waals surface area contributed by atoms with Crippen LogP contribution in [-0.4, -0.2) is 12.1 Å². The average Bonchev–Trinajstić information content (AvgIpc) is 2.04. The number of nitrogen functional groups attached to an aromatic ring is 1. The number of rotatable bonds is 2. The van der Waals surface area contributed by atoms with Gasteiger partial charge in [-0.25, -0.2) is 0 Å². The van der Waals surface area contributed by atoms with Gasteiger partial charge < -0.3 is 5.73 Å². The number of thioether (sulfide) groups is 1. The summed E-state index contributed by atoms with van der Waals surface area (Å²) in [4.78, 5) is 1.06. The molecule has 0 atom stereocenters. The highest BCUT2D eigenvalue weighted by molar-refractivity contribution is 7.98. The first kappa shape index (κ1) is 8.14. The van der Waals surface area contributed by atoms with Crippen molar-refractivity contribution in [3.05, 3.63) is 29.8 Å². The standard InChI is InChI=1S/C8H10N2S/c1-11-7-5-3-2-4-6(7)8(9)10/h2-5H,1H3,(H3,9,10). The van der Waals surface area contributed by atoms with Gasteiger partial charge in [0, 0.05) is 10.5 Å². The fourth-order valence-corrected chi connectivity index (χ4v) is 1.48. The van der Waals surface area contributed by atoms with Crippen LogP contribution in [0.2, 0.25) is 0 Å². The lowest BCUT2D eigenvalue weighted by Gasteiger charge is -2.03. The molecule has 1 aromatic rings. The van der Waals surface area contributed by atoms with E-state index in [0.717, 1.165) is 10.5 Å². The summed E-state index contributed by atoms with van der Waals surface area (Å²) in [6, 6.07) is 7.64. The van der Waals surface area contributed by atoms with Gasteiger partial charge in [0.1, 0.15) is 5.84 Å². The zero-order valence-corrected chi connectivity index (χ0v) is 7.11. The summed E-state index contributed by atoms with van der Waals surface area (Å²) in [6.45, 7) is 0. The topological polar surface area (TPSA) is 49.9 Å². The van der Waals surface area contributed by atoms with Crippen LogP contribution in [0.1, 0.15) is 5.56 Å². The van der Waals surface area contributed by atoms with Gasteiger partial charge in [0.05, 0.1) is 0 Å². The molecule has 0 amide bonds. The van der Waals surface area contributed by atoms with Crippen LogP contribution in [0.5, 0.6) is 0 Å². The lowest BCUT2D eigenvalue weighted by molar-refractivity contribution is 1.35. The van der Waals surface area contributed by atoms with Crippen LogP contribution in [0, 0.1) is 5.41 Å². The van der Waals surface area contributed by atoms with Gasteiger partial charge in [-0.2, -0.15) is 0 Å². The monoisotopic (exact) mass is 166 g/mol. The van der Waals surface area contributed by atoms with E-state index in [1.165, 1.54) is 0 Å². The maximum Gasteiger partial charge on any atom is 0.123 e. The van der Waals surface area contributed by atoms with Crippen LogP contribution in [0.25, 0.3) is 0 Å². The molecule has 0 unspecified atom stereocenters. The SMILES string of the molecule is CSc1ccccc1C(=N)N. The fourth-order valence-electron chi connectivity index (χ4n) is 0.867. The molecule has 0 saturated heterocycles. The van der Waals surface area contributed by atoms with Crippen molar-refractivity contribution in [1.29, 1.82) is 5.41 Å². The van der Waals surface area contributed by atoms with Crippen molar-refractivity contribution in [3.8, 4) is 0 Å². The minimum absolute atomic E-state index is 0.134. The summed E-state index contributed by atoms with van der Waals surface area (Å²) < 4.78 is 0. The van der Waals surface area contributed by atoms with E-state index in [1.807, 2.05) is 30.5 Å². The lowest BCUT2D eigenvalue weighted by atomic mass is 10.2. The molecule has 11 heavy (non-hydrogen) atoms. The maximum atomic E-state index is 7.24. The summed E-state index contributed by atoms with van der Waals surface area (Å²) in [5.41, 5.74) is 6.18. The summed E-state index contributed by atoms with van der Waals surface area (Å²) in [5, 5.41) is 7.24. The van der Waals surface area contributed by atoms with E-state index in [2.05, 4.69) is 0 Å². The average molecular weight is 166 g/mol. The van der Waals surface area contributed by atoms with Gasteiger partial charge in [0.25, 0.3) is 0 Å². The Morgan fingerprint density at radius 3 is 2.55 bits per heavy atom. The van der Waals surface area contributed by atoms with E-state index < -0.39 is 0 Å². The minimum Gasteiger partial charge on any atom is -0.384 e. The quantitative estimate of drug-likeness (QED) is 0.399. The predicted octanol–water partition coefficient (Wildman–Crippen LogP) is 1.69. The van der Waals surface area contributed by atoms with E-state index >= 15 is 0 Å². The van der Waals surface area contributed by atoms with E-state index in [0.29, 0.717) is 0 Å². The third-order valence-corrected chi connectivity index (χ3v) is 2.19. The van der Waals surface area contributed by atoms with Crippen LogP contribution in [0.15, 0.2) is 29.2 Å². The molecule has 0 saturated carbocycles. The molecule has 0 heterocycles. The van der Waals surface area contributed by atoms with Gasteiger partial charge in [-0.1, -0.05) is 18.2 Å². The Kier molecular flexibility index (Phi) is 2.54. The Balaban J connectivity index is 3.12. The molecule has 2 nitrogen and oxygen atoms in total. The van der Waals surface area contributed by atoms with Crippen molar-refractivity contribution in [1.82, 2.24) is 0 Å². The molecule has 0 radical (unpaired) electrons. The number of nitrogens with one attached hydrogen (secondary N) is 1. The zero-order chi connectivity index (χ0) is 8.27. The lowest BCUT2D eigenvalue weighted by Crippen LogP contribution is -2.11. The largest absolute Gasteiger partial charge is 0.384 e. The van der Waals surface area contributed by atoms with Gasteiger partial charge in [0.15, 0.2) is 0 Å². The molecule has 0 aliphatic carbocycles. The molecule has 3 N–H and O–H groups in total. The molecular formula is C8H10N2S. The third kappa shape index (κ3) is 1.74. The smallest absolute Gasteiger partial charge is 0.123 e. The second-order valence-corrected chi connectivity index (χ2v) is 2.96. The van der Waals surface area contributed by atoms with Gasteiger partial charge in [-0.15, -0.1) is 11.8 Å². The van der Waals surface area contributed by atoms with Gasteiger partial charge in [-0.05, 0) is 12.3 Å². The molecule has 1 aromatic carbocycles. The van der Waals surface area contributed by atoms with Gasteiger partial charge in [0.2, 0.25) is 0 Å². The number of hydrogen-bond acceptors (Lipinski definition) is 2. The Morgan fingerprint density at radius 1 is 1.45 bits per heavy atom. The van der Waals surface area contributed by atoms with E-state index in [-0.39, 0.29) is 5.84 Å². The minimum atomic E-state index is 0.134. The summed E-state index contributed by atoms with van der Waals surface area (Å²) >= 11 is 1.60. The number of hydrogen-bond donors (Lipinski definition) is 2. The number of amidine groups is 1. The molecule has 0 aliphatic heterocycles. The van der Waals surface area contributed by atoms with Crippen molar-refractivity contribution in [2.75, 3.05) is 6.26 Å². The van der Waals surface area contributed by atoms with Crippen LogP contribution in [0.3, 0.4) is 0 Å². The van der Waals surface area contributed by atoms with E-state index in [4.69, 9.17) is 11.1 Å². The third-order valence-electron chi connectivity index (χ3n) is 1.40. The van der Waals surface area contributed by atoms with E-state index in [9.17, 15) is 0 Å². The Hall–Kier alpha value is -0.960. The van der Waals surface area contributed by atoms with Gasteiger partial charge >= 0.3 is 0 Å². The van der Waals surface area contributed by atoms with Crippen molar-refractivity contribution in [2.24, 2.45) is 5.73 Å². The summed E-state index contributed by atoms with van der Waals surface area (Å²) in [6.07, 6.45) is 1.97.